The lowest BCUT2D eigenvalue weighted by atomic mass is 9.92. The van der Waals surface area contributed by atoms with E-state index in [0.717, 1.165) is 24.4 Å². The van der Waals surface area contributed by atoms with Gasteiger partial charge in [0.15, 0.2) is 0 Å². The van der Waals surface area contributed by atoms with Crippen molar-refractivity contribution in [3.05, 3.63) is 0 Å². The second-order valence-electron chi connectivity index (χ2n) is 4.70. The topological polar surface area (TPSA) is 15.3 Å². The SMILES string of the molecule is CCNC1CC1C1CCN(C)CC1. The van der Waals surface area contributed by atoms with Gasteiger partial charge in [-0.25, -0.2) is 0 Å². The largest absolute Gasteiger partial charge is 0.314 e. The van der Waals surface area contributed by atoms with Crippen molar-refractivity contribution in [1.29, 1.82) is 0 Å². The molecule has 2 atom stereocenters. The third-order valence-corrected chi connectivity index (χ3v) is 3.67. The molecule has 0 aromatic heterocycles. The Morgan fingerprint density at radius 2 is 2.00 bits per heavy atom. The van der Waals surface area contributed by atoms with E-state index in [9.17, 15) is 0 Å². The first-order chi connectivity index (χ1) is 6.31. The van der Waals surface area contributed by atoms with Crippen LogP contribution < -0.4 is 5.32 Å². The van der Waals surface area contributed by atoms with Crippen molar-refractivity contribution >= 4 is 0 Å². The van der Waals surface area contributed by atoms with Gasteiger partial charge in [0.05, 0.1) is 0 Å². The number of likely N-dealkylation sites (tertiary alicyclic amines) is 1. The molecule has 2 aliphatic rings. The minimum absolute atomic E-state index is 0.874. The Kier molecular flexibility index (Phi) is 2.89. The minimum atomic E-state index is 0.874. The smallest absolute Gasteiger partial charge is 0.0102 e. The molecule has 1 saturated carbocycles. The molecule has 0 radical (unpaired) electrons. The summed E-state index contributed by atoms with van der Waals surface area (Å²) in [6.07, 6.45) is 4.31. The molecule has 2 nitrogen and oxygen atoms in total. The van der Waals surface area contributed by atoms with Crippen LogP contribution in [0.15, 0.2) is 0 Å². The molecule has 2 heteroatoms. The van der Waals surface area contributed by atoms with E-state index in [-0.39, 0.29) is 0 Å². The predicted octanol–water partition coefficient (Wildman–Crippen LogP) is 1.33. The van der Waals surface area contributed by atoms with Crippen molar-refractivity contribution in [1.82, 2.24) is 10.2 Å². The third kappa shape index (κ3) is 2.23. The van der Waals surface area contributed by atoms with Gasteiger partial charge < -0.3 is 10.2 Å². The number of hydrogen-bond donors (Lipinski definition) is 1. The maximum atomic E-state index is 3.56. The molecule has 1 aliphatic heterocycles. The summed E-state index contributed by atoms with van der Waals surface area (Å²) >= 11 is 0. The molecule has 1 heterocycles. The second-order valence-corrected chi connectivity index (χ2v) is 4.70. The van der Waals surface area contributed by atoms with E-state index in [1.165, 1.54) is 32.4 Å². The van der Waals surface area contributed by atoms with Crippen LogP contribution in [0, 0.1) is 11.8 Å². The molecule has 0 bridgehead atoms. The van der Waals surface area contributed by atoms with E-state index in [4.69, 9.17) is 0 Å². The average Bonchev–Trinajstić information content (AvgIpc) is 2.86. The van der Waals surface area contributed by atoms with Crippen molar-refractivity contribution in [3.63, 3.8) is 0 Å². The first-order valence-corrected chi connectivity index (χ1v) is 5.73. The van der Waals surface area contributed by atoms with Gasteiger partial charge in [-0.1, -0.05) is 6.92 Å². The predicted molar refractivity (Wildman–Crippen MR) is 55.8 cm³/mol. The summed E-state index contributed by atoms with van der Waals surface area (Å²) in [6, 6.07) is 0.874. The Bertz CT molecular complexity index is 161. The Morgan fingerprint density at radius 3 is 2.62 bits per heavy atom. The first kappa shape index (κ1) is 9.47. The van der Waals surface area contributed by atoms with Crippen molar-refractivity contribution in [2.45, 2.75) is 32.2 Å². The van der Waals surface area contributed by atoms with E-state index >= 15 is 0 Å². The minimum Gasteiger partial charge on any atom is -0.314 e. The lowest BCUT2D eigenvalue weighted by molar-refractivity contribution is 0.201. The van der Waals surface area contributed by atoms with Gasteiger partial charge in [0.2, 0.25) is 0 Å². The molecule has 0 aromatic rings. The average molecular weight is 182 g/mol. The molecule has 1 aliphatic carbocycles. The number of hydrogen-bond acceptors (Lipinski definition) is 2. The van der Waals surface area contributed by atoms with Gasteiger partial charge in [0.1, 0.15) is 0 Å². The number of nitrogens with one attached hydrogen (secondary N) is 1. The van der Waals surface area contributed by atoms with E-state index in [0.29, 0.717) is 0 Å². The van der Waals surface area contributed by atoms with Crippen molar-refractivity contribution in [3.8, 4) is 0 Å². The fourth-order valence-electron chi connectivity index (χ4n) is 2.69. The lowest BCUT2D eigenvalue weighted by Crippen LogP contribution is -2.32. The van der Waals surface area contributed by atoms with E-state index in [2.05, 4.69) is 24.2 Å². The Hall–Kier alpha value is -0.0800. The number of nitrogens with zero attached hydrogens (tertiary/aromatic N) is 1. The van der Waals surface area contributed by atoms with Crippen molar-refractivity contribution < 1.29 is 0 Å². The molecule has 13 heavy (non-hydrogen) atoms. The molecule has 0 aromatic carbocycles. The van der Waals surface area contributed by atoms with Crippen LogP contribution in [0.3, 0.4) is 0 Å². The molecule has 0 amide bonds. The first-order valence-electron chi connectivity index (χ1n) is 5.73. The summed E-state index contributed by atoms with van der Waals surface area (Å²) < 4.78 is 0. The fraction of sp³-hybridized carbons (Fsp3) is 1.00. The second kappa shape index (κ2) is 3.97. The van der Waals surface area contributed by atoms with Gasteiger partial charge >= 0.3 is 0 Å². The van der Waals surface area contributed by atoms with Crippen LogP contribution in [-0.4, -0.2) is 37.6 Å². The maximum Gasteiger partial charge on any atom is 0.0102 e. The van der Waals surface area contributed by atoms with Gasteiger partial charge in [-0.15, -0.1) is 0 Å². The molecule has 1 saturated heterocycles. The van der Waals surface area contributed by atoms with Gasteiger partial charge in [-0.05, 0) is 57.8 Å². The van der Waals surface area contributed by atoms with E-state index in [1.54, 1.807) is 0 Å². The quantitative estimate of drug-likeness (QED) is 0.708. The van der Waals surface area contributed by atoms with Crippen LogP contribution in [0.1, 0.15) is 26.2 Å². The Balaban J connectivity index is 1.71. The third-order valence-electron chi connectivity index (χ3n) is 3.67. The summed E-state index contributed by atoms with van der Waals surface area (Å²) in [6.45, 7) is 6.00. The maximum absolute atomic E-state index is 3.56. The molecule has 2 unspecified atom stereocenters. The van der Waals surface area contributed by atoms with Crippen molar-refractivity contribution in [2.24, 2.45) is 11.8 Å². The highest BCUT2D eigenvalue weighted by atomic mass is 15.1. The Labute approximate surface area is 81.7 Å². The Morgan fingerprint density at radius 1 is 1.31 bits per heavy atom. The van der Waals surface area contributed by atoms with Crippen LogP contribution in [0.4, 0.5) is 0 Å². The molecule has 76 valence electrons. The van der Waals surface area contributed by atoms with Gasteiger partial charge in [-0.3, -0.25) is 0 Å². The zero-order valence-electron chi connectivity index (χ0n) is 8.92. The molecule has 1 N–H and O–H groups in total. The highest BCUT2D eigenvalue weighted by molar-refractivity contribution is 4.97. The van der Waals surface area contributed by atoms with Crippen LogP contribution in [0.5, 0.6) is 0 Å². The normalized spacial score (nSPS) is 36.5. The highest BCUT2D eigenvalue weighted by Crippen LogP contribution is 2.42. The number of rotatable bonds is 3. The molecular formula is C11H22N2. The fourth-order valence-corrected chi connectivity index (χ4v) is 2.69. The molecule has 0 spiro atoms. The molecule has 2 rings (SSSR count). The van der Waals surface area contributed by atoms with E-state index < -0.39 is 0 Å². The van der Waals surface area contributed by atoms with Crippen LogP contribution in [-0.2, 0) is 0 Å². The number of piperidine rings is 1. The summed E-state index contributed by atoms with van der Waals surface area (Å²) in [5.74, 6) is 2.05. The van der Waals surface area contributed by atoms with Crippen LogP contribution >= 0.6 is 0 Å². The van der Waals surface area contributed by atoms with Crippen LogP contribution in [0.2, 0.25) is 0 Å². The van der Waals surface area contributed by atoms with Gasteiger partial charge in [0, 0.05) is 6.04 Å². The standard InChI is InChI=1S/C11H22N2/c1-3-12-11-8-10(11)9-4-6-13(2)7-5-9/h9-12H,3-8H2,1-2H3. The van der Waals surface area contributed by atoms with Crippen molar-refractivity contribution in [2.75, 3.05) is 26.7 Å². The summed E-state index contributed by atoms with van der Waals surface area (Å²) in [4.78, 5) is 2.46. The summed E-state index contributed by atoms with van der Waals surface area (Å²) in [7, 11) is 2.24. The summed E-state index contributed by atoms with van der Waals surface area (Å²) in [5.41, 5.74) is 0. The zero-order valence-corrected chi connectivity index (χ0v) is 8.92. The molecular weight excluding hydrogens is 160 g/mol. The van der Waals surface area contributed by atoms with Gasteiger partial charge in [-0.2, -0.15) is 0 Å². The molecule has 2 fully saturated rings. The van der Waals surface area contributed by atoms with Gasteiger partial charge in [0.25, 0.3) is 0 Å². The summed E-state index contributed by atoms with van der Waals surface area (Å²) in [5, 5.41) is 3.56. The van der Waals surface area contributed by atoms with Crippen LogP contribution in [0.25, 0.3) is 0 Å². The highest BCUT2D eigenvalue weighted by Gasteiger charge is 2.42. The van der Waals surface area contributed by atoms with E-state index in [1.807, 2.05) is 0 Å². The zero-order chi connectivity index (χ0) is 9.26. The monoisotopic (exact) mass is 182 g/mol. The lowest BCUT2D eigenvalue weighted by Gasteiger charge is -2.29.